The standard InChI is InChI=1S/C25H23FN4O3/c26-21-13-19(12-18-8-10-33-23(18)21)16-3-5-20(6-4-16)30-22(27-28-25(30)32)11-15-7-9-29(14-15)24(31)17-1-2-17/h3-6,8,10,12-13,15,17H,1-2,7,9,11,14H2,(H,28,32)/t15-/m0/s1. The molecule has 33 heavy (non-hydrogen) atoms. The van der Waals surface area contributed by atoms with Crippen LogP contribution in [-0.2, 0) is 11.2 Å². The van der Waals surface area contributed by atoms with Crippen LogP contribution in [0.4, 0.5) is 4.39 Å². The highest BCUT2D eigenvalue weighted by molar-refractivity contribution is 5.84. The summed E-state index contributed by atoms with van der Waals surface area (Å²) in [4.78, 5) is 26.8. The molecule has 1 saturated carbocycles. The fourth-order valence-electron chi connectivity index (χ4n) is 4.79. The molecule has 168 valence electrons. The molecule has 1 N–H and O–H groups in total. The number of aromatic amines is 1. The Hall–Kier alpha value is -3.68. The van der Waals surface area contributed by atoms with Crippen molar-refractivity contribution < 1.29 is 13.6 Å². The Morgan fingerprint density at radius 1 is 1.12 bits per heavy atom. The van der Waals surface area contributed by atoms with Gasteiger partial charge in [-0.3, -0.25) is 4.79 Å². The number of fused-ring (bicyclic) bond motifs is 1. The van der Waals surface area contributed by atoms with Gasteiger partial charge < -0.3 is 9.32 Å². The van der Waals surface area contributed by atoms with E-state index in [0.717, 1.165) is 43.5 Å². The maximum Gasteiger partial charge on any atom is 0.347 e. The van der Waals surface area contributed by atoms with Crippen molar-refractivity contribution in [3.63, 3.8) is 0 Å². The summed E-state index contributed by atoms with van der Waals surface area (Å²) in [5.41, 5.74) is 2.21. The van der Waals surface area contributed by atoms with Crippen LogP contribution in [0.3, 0.4) is 0 Å². The lowest BCUT2D eigenvalue weighted by atomic mass is 10.0. The molecule has 2 aromatic heterocycles. The fraction of sp³-hybridized carbons (Fsp3) is 0.320. The number of furan rings is 1. The lowest BCUT2D eigenvalue weighted by Gasteiger charge is -2.16. The third-order valence-corrected chi connectivity index (χ3v) is 6.70. The highest BCUT2D eigenvalue weighted by atomic mass is 19.1. The first-order valence-electron chi connectivity index (χ1n) is 11.3. The summed E-state index contributed by atoms with van der Waals surface area (Å²) < 4.78 is 21.1. The Balaban J connectivity index is 1.23. The maximum atomic E-state index is 14.3. The Kier molecular flexibility index (Phi) is 4.67. The van der Waals surface area contributed by atoms with Gasteiger partial charge >= 0.3 is 5.69 Å². The van der Waals surface area contributed by atoms with Gasteiger partial charge in [-0.2, -0.15) is 5.10 Å². The van der Waals surface area contributed by atoms with Crippen LogP contribution < -0.4 is 5.69 Å². The zero-order valence-corrected chi connectivity index (χ0v) is 18.0. The Labute approximate surface area is 188 Å². The van der Waals surface area contributed by atoms with Crippen LogP contribution in [0.15, 0.2) is 57.9 Å². The number of likely N-dealkylation sites (tertiary alicyclic amines) is 1. The van der Waals surface area contributed by atoms with Gasteiger partial charge in [-0.25, -0.2) is 18.9 Å². The molecule has 1 atom stereocenters. The van der Waals surface area contributed by atoms with Crippen LogP contribution in [0.25, 0.3) is 27.8 Å². The summed E-state index contributed by atoms with van der Waals surface area (Å²) in [6.45, 7) is 1.50. The summed E-state index contributed by atoms with van der Waals surface area (Å²) in [6, 6.07) is 12.5. The van der Waals surface area contributed by atoms with Crippen molar-refractivity contribution in [2.75, 3.05) is 13.1 Å². The van der Waals surface area contributed by atoms with Crippen molar-refractivity contribution in [1.82, 2.24) is 19.7 Å². The quantitative estimate of drug-likeness (QED) is 0.504. The largest absolute Gasteiger partial charge is 0.461 e. The number of benzene rings is 2. The Morgan fingerprint density at radius 2 is 1.94 bits per heavy atom. The molecular formula is C25H23FN4O3. The van der Waals surface area contributed by atoms with Crippen LogP contribution in [0.5, 0.6) is 0 Å². The third kappa shape index (κ3) is 3.65. The molecule has 3 heterocycles. The van der Waals surface area contributed by atoms with Crippen LogP contribution in [0.1, 0.15) is 25.1 Å². The molecule has 0 bridgehead atoms. The van der Waals surface area contributed by atoms with Gasteiger partial charge in [-0.15, -0.1) is 0 Å². The number of amides is 1. The average molecular weight is 446 g/mol. The fourth-order valence-corrected chi connectivity index (χ4v) is 4.79. The van der Waals surface area contributed by atoms with Crippen molar-refractivity contribution in [1.29, 1.82) is 0 Å². The average Bonchev–Trinajstić information content (AvgIpc) is 3.19. The van der Waals surface area contributed by atoms with E-state index in [0.29, 0.717) is 23.3 Å². The number of nitrogens with one attached hydrogen (secondary N) is 1. The summed E-state index contributed by atoms with van der Waals surface area (Å²) in [5.74, 6) is 1.04. The topological polar surface area (TPSA) is 84.1 Å². The molecule has 1 aliphatic heterocycles. The van der Waals surface area contributed by atoms with Crippen molar-refractivity contribution in [3.05, 3.63) is 70.9 Å². The molecule has 1 saturated heterocycles. The molecule has 4 aromatic rings. The predicted octanol–water partition coefficient (Wildman–Crippen LogP) is 3.91. The van der Waals surface area contributed by atoms with Crippen molar-refractivity contribution in [2.45, 2.75) is 25.7 Å². The molecule has 1 amide bonds. The molecule has 2 fully saturated rings. The Morgan fingerprint density at radius 3 is 2.73 bits per heavy atom. The molecule has 1 aliphatic carbocycles. The summed E-state index contributed by atoms with van der Waals surface area (Å²) >= 11 is 0. The smallest absolute Gasteiger partial charge is 0.347 e. The number of H-pyrrole nitrogens is 1. The van der Waals surface area contributed by atoms with Gasteiger partial charge in [0.15, 0.2) is 11.4 Å². The molecule has 2 aliphatic rings. The van der Waals surface area contributed by atoms with Crippen LogP contribution in [-0.4, -0.2) is 38.7 Å². The van der Waals surface area contributed by atoms with Gasteiger partial charge in [-0.05, 0) is 66.6 Å². The number of nitrogens with zero attached hydrogens (tertiary/aromatic N) is 3. The number of halogens is 1. The Bertz CT molecular complexity index is 1400. The van der Waals surface area contributed by atoms with Crippen molar-refractivity contribution in [3.8, 4) is 16.8 Å². The minimum atomic E-state index is -0.407. The zero-order valence-electron chi connectivity index (χ0n) is 18.0. The van der Waals surface area contributed by atoms with E-state index in [9.17, 15) is 14.0 Å². The van der Waals surface area contributed by atoms with E-state index in [1.165, 1.54) is 12.3 Å². The molecule has 0 unspecified atom stereocenters. The van der Waals surface area contributed by atoms with Crippen molar-refractivity contribution >= 4 is 16.9 Å². The molecule has 8 heteroatoms. The van der Waals surface area contributed by atoms with E-state index >= 15 is 0 Å². The van der Waals surface area contributed by atoms with E-state index in [2.05, 4.69) is 10.2 Å². The minimum absolute atomic E-state index is 0.230. The van der Waals surface area contributed by atoms with Crippen LogP contribution in [0.2, 0.25) is 0 Å². The summed E-state index contributed by atoms with van der Waals surface area (Å²) in [5, 5.41) is 7.52. The monoisotopic (exact) mass is 446 g/mol. The molecular weight excluding hydrogens is 423 g/mol. The van der Waals surface area contributed by atoms with Gasteiger partial charge in [-0.1, -0.05) is 12.1 Å². The first-order valence-corrected chi connectivity index (χ1v) is 11.3. The van der Waals surface area contributed by atoms with Gasteiger partial charge in [0.25, 0.3) is 0 Å². The molecule has 0 spiro atoms. The number of rotatable bonds is 5. The lowest BCUT2D eigenvalue weighted by Crippen LogP contribution is -2.30. The molecule has 0 radical (unpaired) electrons. The SMILES string of the molecule is O=C(C1CC1)N1CC[C@@H](Cc2n[nH]c(=O)n2-c2ccc(-c3cc(F)c4occc4c3)cc2)C1. The number of aromatic nitrogens is 3. The van der Waals surface area contributed by atoms with Crippen LogP contribution >= 0.6 is 0 Å². The molecule has 7 nitrogen and oxygen atoms in total. The third-order valence-electron chi connectivity index (χ3n) is 6.70. The second kappa shape index (κ2) is 7.72. The maximum absolute atomic E-state index is 14.3. The van der Waals surface area contributed by atoms with Gasteiger partial charge in [0.2, 0.25) is 5.91 Å². The second-order valence-electron chi connectivity index (χ2n) is 9.04. The van der Waals surface area contributed by atoms with Crippen LogP contribution in [0, 0.1) is 17.7 Å². The van der Waals surface area contributed by atoms with E-state index in [-0.39, 0.29) is 29.0 Å². The van der Waals surface area contributed by atoms with E-state index in [4.69, 9.17) is 4.42 Å². The van der Waals surface area contributed by atoms with Gasteiger partial charge in [0.05, 0.1) is 12.0 Å². The molecule has 2 aromatic carbocycles. The highest BCUT2D eigenvalue weighted by Gasteiger charge is 2.36. The summed E-state index contributed by atoms with van der Waals surface area (Å²) in [7, 11) is 0. The second-order valence-corrected chi connectivity index (χ2v) is 9.04. The van der Waals surface area contributed by atoms with Crippen molar-refractivity contribution in [2.24, 2.45) is 11.8 Å². The lowest BCUT2D eigenvalue weighted by molar-refractivity contribution is -0.131. The summed E-state index contributed by atoms with van der Waals surface area (Å²) in [6.07, 6.45) is 5.03. The molecule has 6 rings (SSSR count). The number of hydrogen-bond acceptors (Lipinski definition) is 4. The van der Waals surface area contributed by atoms with Gasteiger partial charge in [0.1, 0.15) is 5.82 Å². The van der Waals surface area contributed by atoms with E-state index in [1.807, 2.05) is 35.2 Å². The number of carbonyl (C=O) groups excluding carboxylic acids is 1. The first kappa shape index (κ1) is 20.0. The normalized spacial score (nSPS) is 18.3. The zero-order chi connectivity index (χ0) is 22.5. The minimum Gasteiger partial charge on any atom is -0.461 e. The van der Waals surface area contributed by atoms with E-state index in [1.54, 1.807) is 10.6 Å². The number of hydrogen-bond donors (Lipinski definition) is 1. The van der Waals surface area contributed by atoms with E-state index < -0.39 is 5.82 Å². The predicted molar refractivity (Wildman–Crippen MR) is 120 cm³/mol. The first-order chi connectivity index (χ1) is 16.1. The van der Waals surface area contributed by atoms with Gasteiger partial charge in [0, 0.05) is 30.8 Å². The number of carbonyl (C=O) groups is 1. The highest BCUT2D eigenvalue weighted by Crippen LogP contribution is 2.33.